The first kappa shape index (κ1) is 11.5. The lowest BCUT2D eigenvalue weighted by molar-refractivity contribution is 0.111. The van der Waals surface area contributed by atoms with Crippen LogP contribution >= 0.6 is 0 Å². The Bertz CT molecular complexity index is 358. The van der Waals surface area contributed by atoms with Crippen molar-refractivity contribution in [2.75, 3.05) is 14.2 Å². The third-order valence-electron chi connectivity index (χ3n) is 2.16. The minimum absolute atomic E-state index is 0.353. The van der Waals surface area contributed by atoms with Gasteiger partial charge in [-0.3, -0.25) is 4.79 Å². The molecule has 1 aromatic rings. The predicted octanol–water partition coefficient (Wildman–Crippen LogP) is 1.57. The van der Waals surface area contributed by atoms with Crippen molar-refractivity contribution in [2.24, 2.45) is 0 Å². The number of hydrogen-bond acceptors (Lipinski definition) is 4. The summed E-state index contributed by atoms with van der Waals surface area (Å²) < 4.78 is 10.2. The molecule has 0 radical (unpaired) electrons. The molecule has 4 nitrogen and oxygen atoms in total. The fourth-order valence-corrected chi connectivity index (χ4v) is 1.44. The fraction of sp³-hybridized carbons (Fsp3) is 0.364. The molecule has 4 heteroatoms. The summed E-state index contributed by atoms with van der Waals surface area (Å²) >= 11 is 0. The summed E-state index contributed by atoms with van der Waals surface area (Å²) in [4.78, 5) is 10.7. The predicted molar refractivity (Wildman–Crippen MR) is 55.6 cm³/mol. The highest BCUT2D eigenvalue weighted by Crippen LogP contribution is 2.36. The highest BCUT2D eigenvalue weighted by Gasteiger charge is 2.17. The number of hydrogen-bond donors (Lipinski definition) is 1. The van der Waals surface area contributed by atoms with Crippen LogP contribution in [0.1, 0.15) is 28.9 Å². The van der Waals surface area contributed by atoms with Crippen molar-refractivity contribution < 1.29 is 19.4 Å². The summed E-state index contributed by atoms with van der Waals surface area (Å²) in [5.74, 6) is 0.753. The molecule has 0 aromatic heterocycles. The molecular weight excluding hydrogens is 196 g/mol. The number of ether oxygens (including phenoxy) is 2. The molecule has 0 amide bonds. The smallest absolute Gasteiger partial charge is 0.171 e. The lowest BCUT2D eigenvalue weighted by Crippen LogP contribution is -2.01. The van der Waals surface area contributed by atoms with Crippen LogP contribution in [0.3, 0.4) is 0 Å². The number of aldehydes is 1. The van der Waals surface area contributed by atoms with Crippen LogP contribution in [-0.4, -0.2) is 25.6 Å². The van der Waals surface area contributed by atoms with Crippen molar-refractivity contribution in [1.29, 1.82) is 0 Å². The molecule has 1 N–H and O–H groups in total. The molecule has 0 aliphatic carbocycles. The van der Waals surface area contributed by atoms with E-state index in [2.05, 4.69) is 0 Å². The second-order valence-electron chi connectivity index (χ2n) is 3.10. The Balaban J connectivity index is 3.40. The highest BCUT2D eigenvalue weighted by atomic mass is 16.5. The summed E-state index contributed by atoms with van der Waals surface area (Å²) in [7, 11) is 2.93. The molecule has 0 fully saturated rings. The summed E-state index contributed by atoms with van der Waals surface area (Å²) in [6, 6.07) is 3.24. The molecule has 1 aromatic carbocycles. The van der Waals surface area contributed by atoms with Crippen LogP contribution in [-0.2, 0) is 0 Å². The van der Waals surface area contributed by atoms with Crippen LogP contribution in [0.15, 0.2) is 12.1 Å². The van der Waals surface area contributed by atoms with Crippen LogP contribution in [0, 0.1) is 0 Å². The van der Waals surface area contributed by atoms with Crippen LogP contribution in [0.5, 0.6) is 11.5 Å². The van der Waals surface area contributed by atoms with E-state index in [0.29, 0.717) is 28.9 Å². The van der Waals surface area contributed by atoms with Gasteiger partial charge in [0.25, 0.3) is 0 Å². The normalized spacial score (nSPS) is 12.0. The molecule has 1 unspecified atom stereocenters. The van der Waals surface area contributed by atoms with Crippen LogP contribution < -0.4 is 9.47 Å². The Hall–Kier alpha value is -1.55. The zero-order valence-corrected chi connectivity index (χ0v) is 8.98. The molecule has 0 saturated heterocycles. The van der Waals surface area contributed by atoms with Crippen molar-refractivity contribution in [3.05, 3.63) is 23.3 Å². The van der Waals surface area contributed by atoms with Gasteiger partial charge in [-0.2, -0.15) is 0 Å². The number of aliphatic hydroxyl groups is 1. The summed E-state index contributed by atoms with van der Waals surface area (Å²) in [5.41, 5.74) is 0.999. The SMILES string of the molecule is COc1c(C=O)ccc(C(C)O)c1OC. The molecule has 15 heavy (non-hydrogen) atoms. The van der Waals surface area contributed by atoms with E-state index in [4.69, 9.17) is 9.47 Å². The van der Waals surface area contributed by atoms with E-state index >= 15 is 0 Å². The summed E-state index contributed by atoms with van der Waals surface area (Å²) in [6.45, 7) is 1.62. The Kier molecular flexibility index (Phi) is 3.68. The summed E-state index contributed by atoms with van der Waals surface area (Å²) in [5, 5.41) is 9.50. The van der Waals surface area contributed by atoms with E-state index in [1.807, 2.05) is 0 Å². The largest absolute Gasteiger partial charge is 0.492 e. The van der Waals surface area contributed by atoms with E-state index in [9.17, 15) is 9.90 Å². The average molecular weight is 210 g/mol. The van der Waals surface area contributed by atoms with Crippen LogP contribution in [0.4, 0.5) is 0 Å². The molecular formula is C11H14O4. The van der Waals surface area contributed by atoms with E-state index in [1.54, 1.807) is 19.1 Å². The topological polar surface area (TPSA) is 55.8 Å². The maximum Gasteiger partial charge on any atom is 0.171 e. The van der Waals surface area contributed by atoms with Gasteiger partial charge in [0.05, 0.1) is 25.9 Å². The average Bonchev–Trinajstić information content (AvgIpc) is 2.26. The van der Waals surface area contributed by atoms with Gasteiger partial charge in [-0.25, -0.2) is 0 Å². The number of carbonyl (C=O) groups excluding carboxylic acids is 1. The molecule has 0 heterocycles. The molecule has 0 aliphatic rings. The number of aliphatic hydroxyl groups excluding tert-OH is 1. The van der Waals surface area contributed by atoms with Crippen molar-refractivity contribution in [1.82, 2.24) is 0 Å². The Labute approximate surface area is 88.4 Å². The lowest BCUT2D eigenvalue weighted by atomic mass is 10.1. The van der Waals surface area contributed by atoms with Gasteiger partial charge in [0, 0.05) is 5.56 Å². The number of carbonyl (C=O) groups is 1. The first-order chi connectivity index (χ1) is 7.15. The number of methoxy groups -OCH3 is 2. The summed E-state index contributed by atoms with van der Waals surface area (Å²) in [6.07, 6.45) is 0.0160. The van der Waals surface area contributed by atoms with Gasteiger partial charge in [-0.05, 0) is 13.0 Å². The molecule has 1 atom stereocenters. The van der Waals surface area contributed by atoms with Gasteiger partial charge >= 0.3 is 0 Å². The van der Waals surface area contributed by atoms with Crippen LogP contribution in [0.25, 0.3) is 0 Å². The van der Waals surface area contributed by atoms with Gasteiger partial charge in [0.15, 0.2) is 17.8 Å². The van der Waals surface area contributed by atoms with Crippen molar-refractivity contribution in [2.45, 2.75) is 13.0 Å². The Morgan fingerprint density at radius 3 is 2.27 bits per heavy atom. The molecule has 0 bridgehead atoms. The third-order valence-corrected chi connectivity index (χ3v) is 2.16. The monoisotopic (exact) mass is 210 g/mol. The fourth-order valence-electron chi connectivity index (χ4n) is 1.44. The lowest BCUT2D eigenvalue weighted by Gasteiger charge is -2.15. The quantitative estimate of drug-likeness (QED) is 0.766. The van der Waals surface area contributed by atoms with Gasteiger partial charge in [0.1, 0.15) is 0 Å². The van der Waals surface area contributed by atoms with Crippen LogP contribution in [0.2, 0.25) is 0 Å². The third kappa shape index (κ3) is 2.10. The molecule has 0 spiro atoms. The Morgan fingerprint density at radius 1 is 1.27 bits per heavy atom. The van der Waals surface area contributed by atoms with Crippen molar-refractivity contribution in [3.63, 3.8) is 0 Å². The molecule has 0 saturated carbocycles. The standard InChI is InChI=1S/C11H14O4/c1-7(13)9-5-4-8(6-12)10(14-2)11(9)15-3/h4-7,13H,1-3H3. The second-order valence-corrected chi connectivity index (χ2v) is 3.10. The van der Waals surface area contributed by atoms with E-state index in [0.717, 1.165) is 0 Å². The van der Waals surface area contributed by atoms with Crippen molar-refractivity contribution >= 4 is 6.29 Å². The number of benzene rings is 1. The molecule has 1 rings (SSSR count). The van der Waals surface area contributed by atoms with Gasteiger partial charge < -0.3 is 14.6 Å². The Morgan fingerprint density at radius 2 is 1.87 bits per heavy atom. The minimum Gasteiger partial charge on any atom is -0.492 e. The zero-order valence-electron chi connectivity index (χ0n) is 8.98. The van der Waals surface area contributed by atoms with Crippen molar-refractivity contribution in [3.8, 4) is 11.5 Å². The highest BCUT2D eigenvalue weighted by molar-refractivity contribution is 5.81. The first-order valence-corrected chi connectivity index (χ1v) is 4.53. The van der Waals surface area contributed by atoms with Gasteiger partial charge in [0.2, 0.25) is 0 Å². The zero-order chi connectivity index (χ0) is 11.4. The van der Waals surface area contributed by atoms with E-state index in [1.165, 1.54) is 14.2 Å². The minimum atomic E-state index is -0.672. The second kappa shape index (κ2) is 4.79. The number of rotatable bonds is 4. The van der Waals surface area contributed by atoms with E-state index in [-0.39, 0.29) is 0 Å². The van der Waals surface area contributed by atoms with Gasteiger partial charge in [-0.1, -0.05) is 6.07 Å². The maximum absolute atomic E-state index is 10.7. The molecule has 82 valence electrons. The van der Waals surface area contributed by atoms with Gasteiger partial charge in [-0.15, -0.1) is 0 Å². The maximum atomic E-state index is 10.7. The molecule has 0 aliphatic heterocycles. The van der Waals surface area contributed by atoms with E-state index < -0.39 is 6.10 Å². The first-order valence-electron chi connectivity index (χ1n) is 4.53.